The summed E-state index contributed by atoms with van der Waals surface area (Å²) in [6.07, 6.45) is 8.97. The van der Waals surface area contributed by atoms with Crippen LogP contribution < -0.4 is 16.0 Å². The standard InChI is InChI=1S/C15H23N5OS/c1-16-15(20-11-5-6-13(8-11)22-2)18-10-14(21)19-12-4-3-7-17-9-12/h3-4,7,9,11,13H,5-6,8,10H2,1-2H3,(H,19,21)(H2,16,18,20). The van der Waals surface area contributed by atoms with Gasteiger partial charge in [-0.1, -0.05) is 0 Å². The van der Waals surface area contributed by atoms with E-state index in [1.807, 2.05) is 11.8 Å². The lowest BCUT2D eigenvalue weighted by molar-refractivity contribution is -0.115. The zero-order valence-corrected chi connectivity index (χ0v) is 13.8. The summed E-state index contributed by atoms with van der Waals surface area (Å²) in [6.45, 7) is 0.174. The number of guanidine groups is 1. The first-order valence-corrected chi connectivity index (χ1v) is 8.70. The van der Waals surface area contributed by atoms with Gasteiger partial charge in [0.2, 0.25) is 5.91 Å². The van der Waals surface area contributed by atoms with Gasteiger partial charge in [-0.15, -0.1) is 0 Å². The average Bonchev–Trinajstić information content (AvgIpc) is 3.00. The Labute approximate surface area is 135 Å². The molecule has 2 atom stereocenters. The smallest absolute Gasteiger partial charge is 0.243 e. The Morgan fingerprint density at radius 2 is 2.36 bits per heavy atom. The number of rotatable bonds is 5. The third-order valence-corrected chi connectivity index (χ3v) is 4.74. The lowest BCUT2D eigenvalue weighted by atomic mass is 10.2. The molecule has 7 heteroatoms. The fraction of sp³-hybridized carbons (Fsp3) is 0.533. The molecule has 6 nitrogen and oxygen atoms in total. The third kappa shape index (κ3) is 5.22. The molecule has 0 aromatic carbocycles. The van der Waals surface area contributed by atoms with E-state index in [1.165, 1.54) is 6.42 Å². The fourth-order valence-corrected chi connectivity index (χ4v) is 3.28. The lowest BCUT2D eigenvalue weighted by Crippen LogP contribution is -2.45. The molecule has 3 N–H and O–H groups in total. The summed E-state index contributed by atoms with van der Waals surface area (Å²) >= 11 is 1.92. The van der Waals surface area contributed by atoms with Crippen LogP contribution in [0.15, 0.2) is 29.5 Å². The molecular weight excluding hydrogens is 298 g/mol. The minimum absolute atomic E-state index is 0.121. The van der Waals surface area contributed by atoms with Crippen molar-refractivity contribution < 1.29 is 4.79 Å². The summed E-state index contributed by atoms with van der Waals surface area (Å²) in [4.78, 5) is 20.0. The highest BCUT2D eigenvalue weighted by molar-refractivity contribution is 7.99. The molecule has 22 heavy (non-hydrogen) atoms. The molecule has 0 saturated heterocycles. The number of carbonyl (C=O) groups is 1. The molecule has 1 saturated carbocycles. The molecule has 1 aromatic rings. The number of aromatic nitrogens is 1. The number of amides is 1. The van der Waals surface area contributed by atoms with Crippen LogP contribution in [0.1, 0.15) is 19.3 Å². The van der Waals surface area contributed by atoms with Gasteiger partial charge in [-0.2, -0.15) is 11.8 Å². The van der Waals surface area contributed by atoms with Crippen LogP contribution >= 0.6 is 11.8 Å². The summed E-state index contributed by atoms with van der Waals surface area (Å²) in [5.74, 6) is 0.553. The van der Waals surface area contributed by atoms with Gasteiger partial charge in [0.25, 0.3) is 0 Å². The van der Waals surface area contributed by atoms with Gasteiger partial charge in [0.1, 0.15) is 0 Å². The van der Waals surface area contributed by atoms with Crippen molar-refractivity contribution in [3.8, 4) is 0 Å². The predicted molar refractivity (Wildman–Crippen MR) is 92.3 cm³/mol. The number of anilines is 1. The van der Waals surface area contributed by atoms with E-state index in [2.05, 4.69) is 32.2 Å². The number of nitrogens with one attached hydrogen (secondary N) is 3. The first kappa shape index (κ1) is 16.6. The normalized spacial score (nSPS) is 21.5. The Balaban J connectivity index is 1.73. The van der Waals surface area contributed by atoms with E-state index in [1.54, 1.807) is 31.6 Å². The number of hydrogen-bond acceptors (Lipinski definition) is 4. The quantitative estimate of drug-likeness (QED) is 0.565. The SMILES string of the molecule is CN=C(NCC(=O)Nc1cccnc1)NC1CCC(SC)C1. The molecule has 1 aromatic heterocycles. The maximum atomic E-state index is 11.9. The van der Waals surface area contributed by atoms with Crippen LogP contribution in [0.2, 0.25) is 0 Å². The lowest BCUT2D eigenvalue weighted by Gasteiger charge is -2.17. The average molecular weight is 321 g/mol. The maximum Gasteiger partial charge on any atom is 0.243 e. The van der Waals surface area contributed by atoms with Crippen LogP contribution in [0.5, 0.6) is 0 Å². The summed E-state index contributed by atoms with van der Waals surface area (Å²) in [5, 5.41) is 9.94. The molecule has 120 valence electrons. The fourth-order valence-electron chi connectivity index (χ4n) is 2.48. The minimum Gasteiger partial charge on any atom is -0.354 e. The van der Waals surface area contributed by atoms with Crippen molar-refractivity contribution in [2.24, 2.45) is 4.99 Å². The van der Waals surface area contributed by atoms with Crippen molar-refractivity contribution in [2.45, 2.75) is 30.6 Å². The highest BCUT2D eigenvalue weighted by Gasteiger charge is 2.24. The zero-order valence-electron chi connectivity index (χ0n) is 13.0. The monoisotopic (exact) mass is 321 g/mol. The second kappa shape index (κ2) is 8.63. The third-order valence-electron chi connectivity index (χ3n) is 3.64. The Morgan fingerprint density at radius 3 is 3.00 bits per heavy atom. The zero-order chi connectivity index (χ0) is 15.8. The van der Waals surface area contributed by atoms with Gasteiger partial charge in [-0.3, -0.25) is 14.8 Å². The second-order valence-corrected chi connectivity index (χ2v) is 6.37. The maximum absolute atomic E-state index is 11.9. The van der Waals surface area contributed by atoms with Crippen molar-refractivity contribution in [3.63, 3.8) is 0 Å². The van der Waals surface area contributed by atoms with E-state index in [-0.39, 0.29) is 12.5 Å². The number of aliphatic imine (C=N–C) groups is 1. The first-order chi connectivity index (χ1) is 10.7. The number of pyridine rings is 1. The molecule has 0 aliphatic heterocycles. The van der Waals surface area contributed by atoms with Crippen LogP contribution in [0, 0.1) is 0 Å². The number of nitrogens with zero attached hydrogens (tertiary/aromatic N) is 2. The van der Waals surface area contributed by atoms with Crippen molar-refractivity contribution >= 4 is 29.3 Å². The van der Waals surface area contributed by atoms with E-state index in [4.69, 9.17) is 0 Å². The molecule has 1 heterocycles. The highest BCUT2D eigenvalue weighted by Crippen LogP contribution is 2.27. The molecule has 0 spiro atoms. The topological polar surface area (TPSA) is 78.4 Å². The van der Waals surface area contributed by atoms with Crippen LogP contribution in [0.25, 0.3) is 0 Å². The molecular formula is C15H23N5OS. The molecule has 1 amide bonds. The molecule has 1 aliphatic carbocycles. The van der Waals surface area contributed by atoms with Gasteiger partial charge < -0.3 is 16.0 Å². The first-order valence-electron chi connectivity index (χ1n) is 7.41. The summed E-state index contributed by atoms with van der Waals surface area (Å²) in [6, 6.07) is 4.02. The van der Waals surface area contributed by atoms with Gasteiger partial charge >= 0.3 is 0 Å². The molecule has 2 rings (SSSR count). The summed E-state index contributed by atoms with van der Waals surface area (Å²) in [7, 11) is 1.72. The van der Waals surface area contributed by atoms with Gasteiger partial charge in [-0.25, -0.2) is 0 Å². The van der Waals surface area contributed by atoms with Gasteiger partial charge in [0.05, 0.1) is 18.4 Å². The summed E-state index contributed by atoms with van der Waals surface area (Å²) in [5.41, 5.74) is 0.691. The van der Waals surface area contributed by atoms with E-state index in [0.717, 1.165) is 18.1 Å². The van der Waals surface area contributed by atoms with E-state index in [0.29, 0.717) is 17.7 Å². The van der Waals surface area contributed by atoms with Crippen LogP contribution in [-0.2, 0) is 4.79 Å². The van der Waals surface area contributed by atoms with Crippen molar-refractivity contribution in [2.75, 3.05) is 25.2 Å². The molecule has 0 bridgehead atoms. The number of thioether (sulfide) groups is 1. The van der Waals surface area contributed by atoms with Crippen LogP contribution in [0.4, 0.5) is 5.69 Å². The van der Waals surface area contributed by atoms with Crippen LogP contribution in [-0.4, -0.2) is 48.0 Å². The highest BCUT2D eigenvalue weighted by atomic mass is 32.2. The van der Waals surface area contributed by atoms with Crippen LogP contribution in [0.3, 0.4) is 0 Å². The molecule has 2 unspecified atom stereocenters. The molecule has 0 radical (unpaired) electrons. The molecule has 1 fully saturated rings. The van der Waals surface area contributed by atoms with E-state index >= 15 is 0 Å². The van der Waals surface area contributed by atoms with Crippen molar-refractivity contribution in [1.82, 2.24) is 15.6 Å². The summed E-state index contributed by atoms with van der Waals surface area (Å²) < 4.78 is 0. The minimum atomic E-state index is -0.121. The predicted octanol–water partition coefficient (Wildman–Crippen LogP) is 1.47. The largest absolute Gasteiger partial charge is 0.354 e. The van der Waals surface area contributed by atoms with Gasteiger partial charge in [0.15, 0.2) is 5.96 Å². The second-order valence-electron chi connectivity index (χ2n) is 5.23. The van der Waals surface area contributed by atoms with Crippen molar-refractivity contribution in [1.29, 1.82) is 0 Å². The molecule has 1 aliphatic rings. The van der Waals surface area contributed by atoms with Gasteiger partial charge in [0, 0.05) is 24.5 Å². The Morgan fingerprint density at radius 1 is 1.50 bits per heavy atom. The van der Waals surface area contributed by atoms with E-state index in [9.17, 15) is 4.79 Å². The van der Waals surface area contributed by atoms with Gasteiger partial charge in [-0.05, 0) is 37.7 Å². The van der Waals surface area contributed by atoms with E-state index < -0.39 is 0 Å². The Kier molecular flexibility index (Phi) is 6.51. The number of carbonyl (C=O) groups excluding carboxylic acids is 1. The Hall–Kier alpha value is -1.76. The Bertz CT molecular complexity index is 508. The van der Waals surface area contributed by atoms with Crippen molar-refractivity contribution in [3.05, 3.63) is 24.5 Å². The number of hydrogen-bond donors (Lipinski definition) is 3.